The predicted molar refractivity (Wildman–Crippen MR) is 99.6 cm³/mol. The van der Waals surface area contributed by atoms with E-state index >= 15 is 0 Å². The molecular weight excluding hydrogens is 386 g/mol. The Hall–Kier alpha value is -2.25. The Morgan fingerprint density at radius 3 is 2.92 bits per heavy atom. The van der Waals surface area contributed by atoms with E-state index < -0.39 is 0 Å². The van der Waals surface area contributed by atoms with Gasteiger partial charge in [-0.3, -0.25) is 9.69 Å². The van der Waals surface area contributed by atoms with Gasteiger partial charge in [0.2, 0.25) is 0 Å². The van der Waals surface area contributed by atoms with E-state index in [-0.39, 0.29) is 11.9 Å². The average Bonchev–Trinajstić information content (AvgIpc) is 3.25. The first-order valence-corrected chi connectivity index (χ1v) is 8.68. The molecule has 3 heterocycles. The highest BCUT2D eigenvalue weighted by molar-refractivity contribution is 9.10. The number of allylic oxidation sites excluding steroid dienone is 1. The SMILES string of the molecule is C=CCn1c(C(=O)NCC(c2ccco2)N(C)C)cc2oc(Br)cc21. The molecule has 1 atom stereocenters. The van der Waals surface area contributed by atoms with E-state index in [1.165, 1.54) is 0 Å². The second kappa shape index (κ2) is 7.33. The van der Waals surface area contributed by atoms with Gasteiger partial charge in [0.15, 0.2) is 10.3 Å². The van der Waals surface area contributed by atoms with E-state index in [1.807, 2.05) is 41.8 Å². The molecule has 0 aromatic carbocycles. The Bertz CT molecular complexity index is 877. The number of hydrogen-bond acceptors (Lipinski definition) is 4. The van der Waals surface area contributed by atoms with Crippen LogP contribution in [0.1, 0.15) is 22.3 Å². The molecule has 0 aliphatic rings. The van der Waals surface area contributed by atoms with Gasteiger partial charge in [-0.2, -0.15) is 0 Å². The lowest BCUT2D eigenvalue weighted by molar-refractivity contribution is 0.0930. The van der Waals surface area contributed by atoms with Gasteiger partial charge in [0.1, 0.15) is 11.5 Å². The third-order valence-corrected chi connectivity index (χ3v) is 4.45. The maximum absolute atomic E-state index is 12.7. The number of furan rings is 2. The van der Waals surface area contributed by atoms with Crippen LogP contribution in [0.2, 0.25) is 0 Å². The molecule has 7 heteroatoms. The highest BCUT2D eigenvalue weighted by Crippen LogP contribution is 2.27. The molecule has 1 N–H and O–H groups in total. The molecule has 0 aliphatic carbocycles. The van der Waals surface area contributed by atoms with Crippen molar-refractivity contribution in [3.8, 4) is 0 Å². The smallest absolute Gasteiger partial charge is 0.268 e. The molecule has 3 rings (SSSR count). The first-order valence-electron chi connectivity index (χ1n) is 7.88. The van der Waals surface area contributed by atoms with E-state index in [2.05, 4.69) is 27.8 Å². The summed E-state index contributed by atoms with van der Waals surface area (Å²) in [6.45, 7) is 4.72. The fraction of sp³-hybridized carbons (Fsp3) is 0.278. The van der Waals surface area contributed by atoms with E-state index in [9.17, 15) is 4.79 Å². The fourth-order valence-electron chi connectivity index (χ4n) is 2.82. The summed E-state index contributed by atoms with van der Waals surface area (Å²) in [5, 5.41) is 2.98. The topological polar surface area (TPSA) is 63.6 Å². The highest BCUT2D eigenvalue weighted by Gasteiger charge is 2.21. The van der Waals surface area contributed by atoms with Gasteiger partial charge < -0.3 is 18.7 Å². The molecule has 0 aliphatic heterocycles. The van der Waals surface area contributed by atoms with Crippen molar-refractivity contribution in [3.63, 3.8) is 0 Å². The molecule has 1 amide bonds. The lowest BCUT2D eigenvalue weighted by Crippen LogP contribution is -2.35. The minimum atomic E-state index is -0.164. The number of likely N-dealkylation sites (N-methyl/N-ethyl adjacent to an activating group) is 1. The van der Waals surface area contributed by atoms with Crippen LogP contribution in [-0.2, 0) is 6.54 Å². The summed E-state index contributed by atoms with van der Waals surface area (Å²) in [5.41, 5.74) is 2.05. The van der Waals surface area contributed by atoms with Crippen molar-refractivity contribution in [1.29, 1.82) is 0 Å². The van der Waals surface area contributed by atoms with Crippen molar-refractivity contribution >= 4 is 32.9 Å². The van der Waals surface area contributed by atoms with Crippen molar-refractivity contribution in [2.24, 2.45) is 0 Å². The number of hydrogen-bond donors (Lipinski definition) is 1. The van der Waals surface area contributed by atoms with Gasteiger partial charge in [0.05, 0.1) is 17.8 Å². The molecule has 132 valence electrons. The molecule has 0 bridgehead atoms. The summed E-state index contributed by atoms with van der Waals surface area (Å²) in [7, 11) is 3.90. The van der Waals surface area contributed by atoms with E-state index in [1.54, 1.807) is 18.4 Å². The van der Waals surface area contributed by atoms with Crippen LogP contribution in [0.4, 0.5) is 0 Å². The Balaban J connectivity index is 1.81. The van der Waals surface area contributed by atoms with Gasteiger partial charge in [-0.1, -0.05) is 6.08 Å². The molecule has 0 spiro atoms. The zero-order chi connectivity index (χ0) is 18.0. The van der Waals surface area contributed by atoms with Crippen LogP contribution in [0.5, 0.6) is 0 Å². The number of carbonyl (C=O) groups is 1. The summed E-state index contributed by atoms with van der Waals surface area (Å²) >= 11 is 3.32. The van der Waals surface area contributed by atoms with Crippen LogP contribution >= 0.6 is 15.9 Å². The van der Waals surface area contributed by atoms with Gasteiger partial charge in [-0.25, -0.2) is 0 Å². The number of rotatable bonds is 7. The molecule has 0 radical (unpaired) electrons. The Morgan fingerprint density at radius 1 is 1.48 bits per heavy atom. The molecule has 25 heavy (non-hydrogen) atoms. The first kappa shape index (κ1) is 17.6. The molecule has 0 fully saturated rings. The van der Waals surface area contributed by atoms with E-state index in [0.717, 1.165) is 11.3 Å². The summed E-state index contributed by atoms with van der Waals surface area (Å²) in [6, 6.07) is 7.30. The minimum Gasteiger partial charge on any atom is -0.468 e. The lowest BCUT2D eigenvalue weighted by Gasteiger charge is -2.22. The maximum atomic E-state index is 12.7. The molecule has 6 nitrogen and oxygen atoms in total. The van der Waals surface area contributed by atoms with Gasteiger partial charge in [0, 0.05) is 25.2 Å². The van der Waals surface area contributed by atoms with Crippen LogP contribution in [0, 0.1) is 0 Å². The van der Waals surface area contributed by atoms with Crippen molar-refractivity contribution in [3.05, 3.63) is 59.3 Å². The number of nitrogens with one attached hydrogen (secondary N) is 1. The lowest BCUT2D eigenvalue weighted by atomic mass is 10.2. The Labute approximate surface area is 154 Å². The standard InChI is InChI=1S/C18H20BrN3O3/c1-4-7-22-12-10-17(19)25-16(12)9-13(22)18(23)20-11-14(21(2)3)15-6-5-8-24-15/h4-6,8-10,14H,1,7,11H2,2-3H3,(H,20,23). The highest BCUT2D eigenvalue weighted by atomic mass is 79.9. The quantitative estimate of drug-likeness (QED) is 0.607. The number of carbonyl (C=O) groups excluding carboxylic acids is 1. The molecule has 3 aromatic rings. The number of fused-ring (bicyclic) bond motifs is 1. The van der Waals surface area contributed by atoms with Crippen molar-refractivity contribution < 1.29 is 13.6 Å². The zero-order valence-electron chi connectivity index (χ0n) is 14.2. The zero-order valence-corrected chi connectivity index (χ0v) is 15.7. The Morgan fingerprint density at radius 2 is 2.28 bits per heavy atom. The van der Waals surface area contributed by atoms with Crippen LogP contribution < -0.4 is 5.32 Å². The van der Waals surface area contributed by atoms with Gasteiger partial charge in [0.25, 0.3) is 5.91 Å². The monoisotopic (exact) mass is 405 g/mol. The van der Waals surface area contributed by atoms with Crippen LogP contribution in [0.25, 0.3) is 11.1 Å². The van der Waals surface area contributed by atoms with Crippen molar-refractivity contribution in [2.45, 2.75) is 12.6 Å². The second-order valence-corrected chi connectivity index (χ2v) is 6.72. The number of aromatic nitrogens is 1. The van der Waals surface area contributed by atoms with E-state index in [0.29, 0.717) is 29.0 Å². The third kappa shape index (κ3) is 3.57. The van der Waals surface area contributed by atoms with E-state index in [4.69, 9.17) is 8.83 Å². The van der Waals surface area contributed by atoms with Crippen LogP contribution in [-0.4, -0.2) is 36.0 Å². The molecule has 0 saturated carbocycles. The normalized spacial score (nSPS) is 12.6. The fourth-order valence-corrected chi connectivity index (χ4v) is 3.22. The van der Waals surface area contributed by atoms with Gasteiger partial charge in [-0.15, -0.1) is 6.58 Å². The maximum Gasteiger partial charge on any atom is 0.268 e. The summed E-state index contributed by atoms with van der Waals surface area (Å²) in [4.78, 5) is 14.7. The molecule has 1 unspecified atom stereocenters. The average molecular weight is 406 g/mol. The van der Waals surface area contributed by atoms with Gasteiger partial charge in [-0.05, 0) is 42.2 Å². The number of amides is 1. The minimum absolute atomic E-state index is 0.0427. The Kier molecular flexibility index (Phi) is 5.15. The summed E-state index contributed by atoms with van der Waals surface area (Å²) in [6.07, 6.45) is 3.39. The van der Waals surface area contributed by atoms with Crippen molar-refractivity contribution in [2.75, 3.05) is 20.6 Å². The summed E-state index contributed by atoms with van der Waals surface area (Å²) in [5.74, 6) is 0.646. The third-order valence-electron chi connectivity index (χ3n) is 4.05. The predicted octanol–water partition coefficient (Wildman–Crippen LogP) is 3.81. The first-order chi connectivity index (χ1) is 12.0. The van der Waals surface area contributed by atoms with Crippen LogP contribution in [0.3, 0.4) is 0 Å². The summed E-state index contributed by atoms with van der Waals surface area (Å²) < 4.78 is 13.6. The molecule has 3 aromatic heterocycles. The molecule has 0 saturated heterocycles. The molecular formula is C18H20BrN3O3. The van der Waals surface area contributed by atoms with Crippen LogP contribution in [0.15, 0.2) is 56.7 Å². The van der Waals surface area contributed by atoms with Crippen molar-refractivity contribution in [1.82, 2.24) is 14.8 Å². The second-order valence-electron chi connectivity index (χ2n) is 5.93. The number of halogens is 1. The van der Waals surface area contributed by atoms with Gasteiger partial charge >= 0.3 is 0 Å². The number of nitrogens with zero attached hydrogens (tertiary/aromatic N) is 2. The largest absolute Gasteiger partial charge is 0.468 e.